The molecule has 0 aromatic carbocycles. The number of nitrogens with one attached hydrogen (secondary N) is 1. The van der Waals surface area contributed by atoms with Gasteiger partial charge in [-0.3, -0.25) is 4.98 Å². The molecule has 2 rings (SSSR count). The van der Waals surface area contributed by atoms with Crippen LogP contribution in [0.25, 0.3) is 0 Å². The number of aromatic nitrogens is 1. The first-order valence-corrected chi connectivity index (χ1v) is 9.17. The van der Waals surface area contributed by atoms with E-state index in [1.165, 1.54) is 12.6 Å². The molecule has 0 bridgehead atoms. The molecule has 1 aromatic heterocycles. The molecule has 1 saturated carbocycles. The summed E-state index contributed by atoms with van der Waals surface area (Å²) in [6, 6.07) is 1.85. The van der Waals surface area contributed by atoms with Crippen molar-refractivity contribution in [2.45, 2.75) is 56.4 Å². The number of pyridine rings is 1. The third-order valence-electron chi connectivity index (χ3n) is 4.10. The van der Waals surface area contributed by atoms with Gasteiger partial charge in [0.15, 0.2) is 0 Å². The van der Waals surface area contributed by atoms with E-state index in [1.807, 2.05) is 0 Å². The van der Waals surface area contributed by atoms with Gasteiger partial charge in [-0.15, -0.1) is 0 Å². The van der Waals surface area contributed by atoms with E-state index >= 15 is 0 Å². The van der Waals surface area contributed by atoms with Gasteiger partial charge in [0.1, 0.15) is 4.90 Å². The van der Waals surface area contributed by atoms with Crippen molar-refractivity contribution in [1.29, 1.82) is 0 Å². The van der Waals surface area contributed by atoms with Crippen LogP contribution in [0.1, 0.15) is 45.4 Å². The first-order valence-electron chi connectivity index (χ1n) is 7.73. The topological polar surface area (TPSA) is 62.3 Å². The summed E-state index contributed by atoms with van der Waals surface area (Å²) in [7, 11) is -1.79. The fraction of sp³-hybridized carbons (Fsp3) is 0.667. The lowest BCUT2D eigenvalue weighted by Gasteiger charge is -2.30. The average Bonchev–Trinajstić information content (AvgIpc) is 2.53. The molecule has 6 heteroatoms. The second kappa shape index (κ2) is 7.22. The summed E-state index contributed by atoms with van der Waals surface area (Å²) in [6.07, 6.45) is 9.35. The zero-order chi connectivity index (χ0) is 15.3. The van der Waals surface area contributed by atoms with E-state index < -0.39 is 10.0 Å². The van der Waals surface area contributed by atoms with Crippen molar-refractivity contribution in [2.24, 2.45) is 0 Å². The first kappa shape index (κ1) is 16.2. The smallest absolute Gasteiger partial charge is 0.246 e. The van der Waals surface area contributed by atoms with Crippen LogP contribution in [0, 0.1) is 0 Å². The molecule has 1 aliphatic carbocycles. The fourth-order valence-electron chi connectivity index (χ4n) is 2.79. The molecule has 1 aliphatic rings. The molecular weight excluding hydrogens is 286 g/mol. The summed E-state index contributed by atoms with van der Waals surface area (Å²) in [4.78, 5) is 4.29. The number of nitrogens with zero attached hydrogens (tertiary/aromatic N) is 2. The molecule has 1 N–H and O–H groups in total. The van der Waals surface area contributed by atoms with E-state index in [0.717, 1.165) is 38.6 Å². The molecule has 1 heterocycles. The second-order valence-corrected chi connectivity index (χ2v) is 7.58. The van der Waals surface area contributed by atoms with Gasteiger partial charge in [-0.05, 0) is 25.3 Å². The lowest BCUT2D eigenvalue weighted by Crippen LogP contribution is -2.38. The van der Waals surface area contributed by atoms with E-state index in [2.05, 4.69) is 17.2 Å². The zero-order valence-corrected chi connectivity index (χ0v) is 13.7. The number of anilines is 1. The van der Waals surface area contributed by atoms with Crippen molar-refractivity contribution < 1.29 is 8.42 Å². The summed E-state index contributed by atoms with van der Waals surface area (Å²) >= 11 is 0. The second-order valence-electron chi connectivity index (χ2n) is 5.61. The highest BCUT2D eigenvalue weighted by Crippen LogP contribution is 2.29. The molecule has 21 heavy (non-hydrogen) atoms. The normalized spacial score (nSPS) is 17.1. The van der Waals surface area contributed by atoms with Crippen LogP contribution >= 0.6 is 0 Å². The van der Waals surface area contributed by atoms with Gasteiger partial charge < -0.3 is 5.32 Å². The quantitative estimate of drug-likeness (QED) is 0.877. The van der Waals surface area contributed by atoms with Gasteiger partial charge in [0, 0.05) is 32.0 Å². The Morgan fingerprint density at radius 1 is 1.33 bits per heavy atom. The Labute approximate surface area is 127 Å². The fourth-order valence-corrected chi connectivity index (χ4v) is 4.31. The van der Waals surface area contributed by atoms with E-state index in [-0.39, 0.29) is 10.9 Å². The Balaban J connectivity index is 2.25. The summed E-state index contributed by atoms with van der Waals surface area (Å²) in [5, 5.41) is 3.18. The van der Waals surface area contributed by atoms with Gasteiger partial charge in [-0.25, -0.2) is 8.42 Å². The maximum atomic E-state index is 12.9. The van der Waals surface area contributed by atoms with Gasteiger partial charge in [0.2, 0.25) is 10.0 Å². The molecule has 0 saturated heterocycles. The highest BCUT2D eigenvalue weighted by molar-refractivity contribution is 7.89. The summed E-state index contributed by atoms with van der Waals surface area (Å²) < 4.78 is 27.3. The Bertz CT molecular complexity index is 554. The minimum atomic E-state index is -3.49. The molecule has 0 unspecified atom stereocenters. The summed E-state index contributed by atoms with van der Waals surface area (Å²) in [6.45, 7) is 2.80. The van der Waals surface area contributed by atoms with Gasteiger partial charge in [0.05, 0.1) is 5.69 Å². The van der Waals surface area contributed by atoms with Gasteiger partial charge in [-0.1, -0.05) is 26.2 Å². The third-order valence-corrected chi connectivity index (χ3v) is 6.03. The van der Waals surface area contributed by atoms with Crippen LogP contribution in [0.4, 0.5) is 5.69 Å². The molecule has 118 valence electrons. The Kier molecular flexibility index (Phi) is 5.58. The predicted octanol–water partition coefficient (Wildman–Crippen LogP) is 2.86. The maximum Gasteiger partial charge on any atom is 0.246 e. The van der Waals surface area contributed by atoms with Crippen molar-refractivity contribution in [1.82, 2.24) is 9.29 Å². The van der Waals surface area contributed by atoms with Crippen LogP contribution < -0.4 is 5.32 Å². The molecule has 0 amide bonds. The molecule has 0 radical (unpaired) electrons. The Morgan fingerprint density at radius 2 is 2.05 bits per heavy atom. The molecular formula is C15H25N3O2S. The Morgan fingerprint density at radius 3 is 2.71 bits per heavy atom. The molecule has 0 spiro atoms. The first-order chi connectivity index (χ1) is 10.1. The molecule has 1 fully saturated rings. The molecule has 0 aliphatic heterocycles. The minimum absolute atomic E-state index is 0.114. The van der Waals surface area contributed by atoms with Gasteiger partial charge >= 0.3 is 0 Å². The van der Waals surface area contributed by atoms with E-state index in [9.17, 15) is 8.42 Å². The van der Waals surface area contributed by atoms with Crippen LogP contribution in [0.15, 0.2) is 23.4 Å². The van der Waals surface area contributed by atoms with Crippen LogP contribution in [0.2, 0.25) is 0 Å². The van der Waals surface area contributed by atoms with E-state index in [0.29, 0.717) is 5.69 Å². The predicted molar refractivity (Wildman–Crippen MR) is 84.8 cm³/mol. The van der Waals surface area contributed by atoms with Crippen LogP contribution in [-0.2, 0) is 10.0 Å². The number of sulfonamides is 1. The molecule has 5 nitrogen and oxygen atoms in total. The largest absolute Gasteiger partial charge is 0.384 e. The number of hydrogen-bond donors (Lipinski definition) is 1. The molecule has 1 aromatic rings. The maximum absolute atomic E-state index is 12.9. The lowest BCUT2D eigenvalue weighted by molar-refractivity contribution is 0.286. The van der Waals surface area contributed by atoms with Crippen LogP contribution in [0.5, 0.6) is 0 Å². The zero-order valence-electron chi connectivity index (χ0n) is 12.9. The van der Waals surface area contributed by atoms with Crippen molar-refractivity contribution in [3.63, 3.8) is 0 Å². The monoisotopic (exact) mass is 311 g/mol. The van der Waals surface area contributed by atoms with E-state index in [1.54, 1.807) is 23.6 Å². The SMILES string of the molecule is CCCNc1ccncc1S(=O)(=O)N(C)C1CCCCC1. The van der Waals surface area contributed by atoms with Crippen LogP contribution in [-0.4, -0.2) is 37.3 Å². The van der Waals surface area contributed by atoms with Crippen molar-refractivity contribution in [3.05, 3.63) is 18.5 Å². The highest BCUT2D eigenvalue weighted by Gasteiger charge is 2.30. The highest BCUT2D eigenvalue weighted by atomic mass is 32.2. The molecule has 0 atom stereocenters. The van der Waals surface area contributed by atoms with Crippen molar-refractivity contribution in [3.8, 4) is 0 Å². The Hall–Kier alpha value is -1.14. The van der Waals surface area contributed by atoms with E-state index in [4.69, 9.17) is 0 Å². The standard InChI is InChI=1S/C15H25N3O2S/c1-3-10-17-14-9-11-16-12-15(14)21(19,20)18(2)13-7-5-4-6-8-13/h9,11-13H,3-8,10H2,1-2H3,(H,16,17). The van der Waals surface area contributed by atoms with Crippen molar-refractivity contribution >= 4 is 15.7 Å². The van der Waals surface area contributed by atoms with Crippen molar-refractivity contribution in [2.75, 3.05) is 18.9 Å². The third kappa shape index (κ3) is 3.74. The van der Waals surface area contributed by atoms with Gasteiger partial charge in [-0.2, -0.15) is 4.31 Å². The average molecular weight is 311 g/mol. The lowest BCUT2D eigenvalue weighted by atomic mass is 9.96. The van der Waals surface area contributed by atoms with Gasteiger partial charge in [0.25, 0.3) is 0 Å². The number of hydrogen-bond acceptors (Lipinski definition) is 4. The minimum Gasteiger partial charge on any atom is -0.384 e. The summed E-state index contributed by atoms with van der Waals surface area (Å²) in [5.41, 5.74) is 0.648. The number of rotatable bonds is 6. The summed E-state index contributed by atoms with van der Waals surface area (Å²) in [5.74, 6) is 0. The van der Waals surface area contributed by atoms with Crippen LogP contribution in [0.3, 0.4) is 0 Å².